The van der Waals surface area contributed by atoms with Gasteiger partial charge in [-0.1, -0.05) is 19.6 Å². The molecular weight excluding hydrogens is 213 g/mol. The number of nitro benzene ring substituents is 1. The first-order valence-electron chi connectivity index (χ1n) is 2.91. The molecule has 0 aliphatic heterocycles. The number of hydrogen-bond donors (Lipinski definition) is 0. The molecule has 0 atom stereocenters. The summed E-state index contributed by atoms with van der Waals surface area (Å²) in [7, 11) is 0. The van der Waals surface area contributed by atoms with Crippen LogP contribution in [-0.2, 0) is 0 Å². The van der Waals surface area contributed by atoms with Gasteiger partial charge in [-0.3, -0.25) is 10.1 Å². The fourth-order valence-electron chi connectivity index (χ4n) is 0.742. The van der Waals surface area contributed by atoms with Crippen molar-refractivity contribution in [3.8, 4) is 0 Å². The van der Waals surface area contributed by atoms with Crippen LogP contribution in [0.25, 0.3) is 0 Å². The van der Waals surface area contributed by atoms with Gasteiger partial charge in [0.2, 0.25) is 0 Å². The molecule has 0 N–H and O–H groups in total. The van der Waals surface area contributed by atoms with E-state index in [0.29, 0.717) is 0 Å². The lowest BCUT2D eigenvalue weighted by Crippen LogP contribution is -1.86. The number of aryl methyl sites for hydroxylation is 1. The third-order valence-corrected chi connectivity index (χ3v) is 1.21. The average molecular weight is 226 g/mol. The number of halogens is 2. The van der Waals surface area contributed by atoms with Gasteiger partial charge in [-0.05, 0) is 12.5 Å². The van der Waals surface area contributed by atoms with Gasteiger partial charge in [0.1, 0.15) is 0 Å². The molecule has 0 radical (unpaired) electrons. The second-order valence-electron chi connectivity index (χ2n) is 2.10. The first-order valence-corrected chi connectivity index (χ1v) is 2.91. The van der Waals surface area contributed by atoms with Gasteiger partial charge in [0.25, 0.3) is 5.69 Å². The molecule has 0 bridgehead atoms. The van der Waals surface area contributed by atoms with Gasteiger partial charge >= 0.3 is 0 Å². The highest BCUT2D eigenvalue weighted by molar-refractivity contribution is 5.85. The Morgan fingerprint density at radius 3 is 2.15 bits per heavy atom. The summed E-state index contributed by atoms with van der Waals surface area (Å²) in [4.78, 5) is 9.76. The zero-order valence-electron chi connectivity index (χ0n) is 6.39. The average Bonchev–Trinajstić information content (AvgIpc) is 1.88. The molecule has 0 amide bonds. The van der Waals surface area contributed by atoms with E-state index in [-0.39, 0.29) is 37.9 Å². The summed E-state index contributed by atoms with van der Waals surface area (Å²) in [6.45, 7) is 1.83. The van der Waals surface area contributed by atoms with Crippen LogP contribution in [0.3, 0.4) is 0 Å². The molecule has 0 aromatic heterocycles. The number of non-ortho nitro benzene ring substituents is 1. The molecule has 76 valence electrons. The van der Waals surface area contributed by atoms with Crippen molar-refractivity contribution in [1.82, 2.24) is 0 Å². The molecule has 13 heavy (non-hydrogen) atoms. The topological polar surface area (TPSA) is 43.1 Å². The molecule has 0 heterocycles. The maximum absolute atomic E-state index is 10.2. The Hall–Kier alpha value is -0.800. The molecule has 0 spiro atoms. The van der Waals surface area contributed by atoms with Gasteiger partial charge in [-0.25, -0.2) is 0 Å². The van der Waals surface area contributed by atoms with Gasteiger partial charge in [-0.2, -0.15) is 0 Å². The van der Waals surface area contributed by atoms with Crippen molar-refractivity contribution < 1.29 is 4.92 Å². The Morgan fingerprint density at radius 1 is 1.31 bits per heavy atom. The highest BCUT2D eigenvalue weighted by Gasteiger charge is 2.01. The predicted octanol–water partition coefficient (Wildman–Crippen LogP) is 3.38. The predicted molar refractivity (Wildman–Crippen MR) is 59.1 cm³/mol. The largest absolute Gasteiger partial charge is 0.269 e. The quantitative estimate of drug-likeness (QED) is 0.544. The van der Waals surface area contributed by atoms with E-state index in [1.54, 1.807) is 12.1 Å². The van der Waals surface area contributed by atoms with E-state index >= 15 is 0 Å². The van der Waals surface area contributed by atoms with Crippen molar-refractivity contribution in [2.24, 2.45) is 0 Å². The molecule has 0 unspecified atom stereocenters. The zero-order valence-corrected chi connectivity index (χ0v) is 8.02. The number of hydrogen-bond acceptors (Lipinski definition) is 2. The van der Waals surface area contributed by atoms with Crippen LogP contribution >= 0.6 is 24.8 Å². The van der Waals surface area contributed by atoms with E-state index in [2.05, 4.69) is 0 Å². The van der Waals surface area contributed by atoms with Gasteiger partial charge in [0, 0.05) is 12.1 Å². The summed E-state index contributed by atoms with van der Waals surface area (Å²) in [5.41, 5.74) is 1.06. The SMILES string of the molecule is C.Cc1cccc([N+](=O)[O-])c1.Cl.Cl. The lowest BCUT2D eigenvalue weighted by Gasteiger charge is -1.90. The summed E-state index contributed by atoms with van der Waals surface area (Å²) in [6, 6.07) is 6.52. The first-order chi connectivity index (χ1) is 4.70. The molecule has 0 fully saturated rings. The number of nitro groups is 1. The number of nitrogens with zero attached hydrogens (tertiary/aromatic N) is 1. The Morgan fingerprint density at radius 2 is 1.85 bits per heavy atom. The summed E-state index contributed by atoms with van der Waals surface area (Å²) < 4.78 is 0. The molecule has 0 saturated heterocycles. The summed E-state index contributed by atoms with van der Waals surface area (Å²) in [6.07, 6.45) is 0. The van der Waals surface area contributed by atoms with Crippen LogP contribution in [0.2, 0.25) is 0 Å². The lowest BCUT2D eigenvalue weighted by molar-refractivity contribution is -0.384. The Bertz CT molecular complexity index is 266. The Balaban J connectivity index is -0.000000333. The first kappa shape index (κ1) is 18.1. The molecule has 1 aromatic carbocycles. The van der Waals surface area contributed by atoms with Crippen molar-refractivity contribution in [3.05, 3.63) is 39.9 Å². The summed E-state index contributed by atoms with van der Waals surface area (Å²) in [5.74, 6) is 0. The van der Waals surface area contributed by atoms with Gasteiger partial charge < -0.3 is 0 Å². The van der Waals surface area contributed by atoms with Crippen molar-refractivity contribution >= 4 is 30.5 Å². The van der Waals surface area contributed by atoms with Gasteiger partial charge in [0.05, 0.1) is 4.92 Å². The normalized spacial score (nSPS) is 7.15. The number of benzene rings is 1. The maximum Gasteiger partial charge on any atom is 0.269 e. The Kier molecular flexibility index (Phi) is 10.9. The minimum absolute atomic E-state index is 0. The van der Waals surface area contributed by atoms with Crippen molar-refractivity contribution in [3.63, 3.8) is 0 Å². The maximum atomic E-state index is 10.2. The van der Waals surface area contributed by atoms with Crippen LogP contribution < -0.4 is 0 Å². The van der Waals surface area contributed by atoms with E-state index in [0.717, 1.165) is 5.56 Å². The smallest absolute Gasteiger partial charge is 0.258 e. The molecule has 3 nitrogen and oxygen atoms in total. The minimum Gasteiger partial charge on any atom is -0.258 e. The second kappa shape index (κ2) is 7.83. The highest BCUT2D eigenvalue weighted by Crippen LogP contribution is 2.11. The van der Waals surface area contributed by atoms with Crippen LogP contribution in [0.4, 0.5) is 5.69 Å². The van der Waals surface area contributed by atoms with Crippen molar-refractivity contribution in [1.29, 1.82) is 0 Å². The molecule has 1 rings (SSSR count). The highest BCUT2D eigenvalue weighted by atomic mass is 35.5. The van der Waals surface area contributed by atoms with E-state index in [9.17, 15) is 10.1 Å². The van der Waals surface area contributed by atoms with Crippen molar-refractivity contribution in [2.45, 2.75) is 14.4 Å². The fraction of sp³-hybridized carbons (Fsp3) is 0.250. The standard InChI is InChI=1S/C7H7NO2.CH4.2ClH/c1-6-3-2-4-7(5-6)8(9)10;;;/h2-5H,1H3;1H4;2*1H. The number of rotatable bonds is 1. The van der Waals surface area contributed by atoms with Crippen LogP contribution in [0.5, 0.6) is 0 Å². The third-order valence-electron chi connectivity index (χ3n) is 1.21. The monoisotopic (exact) mass is 225 g/mol. The van der Waals surface area contributed by atoms with Crippen LogP contribution in [-0.4, -0.2) is 4.92 Å². The molecule has 0 aliphatic rings. The second-order valence-corrected chi connectivity index (χ2v) is 2.10. The third kappa shape index (κ3) is 5.44. The van der Waals surface area contributed by atoms with E-state index in [1.165, 1.54) is 6.07 Å². The molecular formula is C8H13Cl2NO2. The van der Waals surface area contributed by atoms with Crippen LogP contribution in [0.1, 0.15) is 13.0 Å². The molecule has 0 saturated carbocycles. The zero-order chi connectivity index (χ0) is 7.56. The summed E-state index contributed by atoms with van der Waals surface area (Å²) >= 11 is 0. The van der Waals surface area contributed by atoms with Crippen molar-refractivity contribution in [2.75, 3.05) is 0 Å². The lowest BCUT2D eigenvalue weighted by atomic mass is 10.2. The van der Waals surface area contributed by atoms with E-state index < -0.39 is 4.92 Å². The van der Waals surface area contributed by atoms with E-state index in [1.807, 2.05) is 13.0 Å². The van der Waals surface area contributed by atoms with Gasteiger partial charge in [-0.15, -0.1) is 24.8 Å². The molecule has 0 aliphatic carbocycles. The van der Waals surface area contributed by atoms with Gasteiger partial charge in [0.15, 0.2) is 0 Å². The van der Waals surface area contributed by atoms with E-state index in [4.69, 9.17) is 0 Å². The van der Waals surface area contributed by atoms with Crippen LogP contribution in [0, 0.1) is 17.0 Å². The summed E-state index contributed by atoms with van der Waals surface area (Å²) in [5, 5.41) is 10.2. The fourth-order valence-corrected chi connectivity index (χ4v) is 0.742. The Labute approximate surface area is 90.1 Å². The minimum atomic E-state index is -0.396. The van der Waals surface area contributed by atoms with Crippen LogP contribution in [0.15, 0.2) is 24.3 Å². The molecule has 5 heteroatoms. The molecule has 1 aromatic rings.